The highest BCUT2D eigenvalue weighted by molar-refractivity contribution is 5.67. The molecule has 2 aromatic rings. The number of aromatic nitrogens is 3. The Morgan fingerprint density at radius 2 is 2.06 bits per heavy atom. The molecule has 1 N–H and O–H groups in total. The smallest absolute Gasteiger partial charge is 0.304 e. The largest absolute Gasteiger partial charge is 0.481 e. The van der Waals surface area contributed by atoms with Gasteiger partial charge in [-0.2, -0.15) is 0 Å². The topological polar surface area (TPSA) is 76.0 Å². The van der Waals surface area contributed by atoms with Crippen LogP contribution in [-0.2, 0) is 4.79 Å². The summed E-state index contributed by atoms with van der Waals surface area (Å²) in [4.78, 5) is 23.3. The second kappa shape index (κ2) is 5.35. The number of carboxylic acids is 1. The van der Waals surface area contributed by atoms with Crippen molar-refractivity contribution in [3.63, 3.8) is 0 Å². The van der Waals surface area contributed by atoms with E-state index >= 15 is 0 Å². The number of pyridine rings is 1. The lowest BCUT2D eigenvalue weighted by Crippen LogP contribution is -2.07. The minimum absolute atomic E-state index is 0.0195. The molecule has 0 aromatic carbocycles. The number of rotatable bonds is 4. The monoisotopic (exact) mass is 243 g/mol. The van der Waals surface area contributed by atoms with E-state index in [1.807, 2.05) is 18.2 Å². The number of hydrogen-bond donors (Lipinski definition) is 1. The van der Waals surface area contributed by atoms with Gasteiger partial charge >= 0.3 is 5.97 Å². The Hall–Kier alpha value is -2.30. The molecule has 2 heterocycles. The van der Waals surface area contributed by atoms with Gasteiger partial charge < -0.3 is 5.11 Å². The van der Waals surface area contributed by atoms with Crippen molar-refractivity contribution in [1.82, 2.24) is 15.0 Å². The van der Waals surface area contributed by atoms with Crippen molar-refractivity contribution in [2.45, 2.75) is 19.3 Å². The maximum Gasteiger partial charge on any atom is 0.304 e. The first kappa shape index (κ1) is 12.2. The molecule has 2 aromatic heterocycles. The second-order valence-corrected chi connectivity index (χ2v) is 4.01. The standard InChI is InChI=1S/C13H13N3O2/c1-9(8-12(17)18)13-15-7-5-11(16-13)10-4-2-3-6-14-10/h2-7,9H,8H2,1H3,(H,17,18). The van der Waals surface area contributed by atoms with Gasteiger partial charge in [0, 0.05) is 18.3 Å². The molecule has 1 atom stereocenters. The molecule has 5 nitrogen and oxygen atoms in total. The third-order valence-electron chi connectivity index (χ3n) is 2.52. The minimum Gasteiger partial charge on any atom is -0.481 e. The summed E-state index contributed by atoms with van der Waals surface area (Å²) in [6.07, 6.45) is 3.34. The van der Waals surface area contributed by atoms with Crippen molar-refractivity contribution in [2.75, 3.05) is 0 Å². The fourth-order valence-electron chi connectivity index (χ4n) is 1.62. The maximum absolute atomic E-state index is 10.7. The van der Waals surface area contributed by atoms with Crippen molar-refractivity contribution in [2.24, 2.45) is 0 Å². The van der Waals surface area contributed by atoms with E-state index in [2.05, 4.69) is 15.0 Å². The normalized spacial score (nSPS) is 12.1. The number of carboxylic acid groups (broad SMARTS) is 1. The minimum atomic E-state index is -0.852. The predicted molar refractivity (Wildman–Crippen MR) is 65.9 cm³/mol. The van der Waals surface area contributed by atoms with Gasteiger partial charge in [0.1, 0.15) is 5.82 Å². The van der Waals surface area contributed by atoms with Crippen molar-refractivity contribution in [3.8, 4) is 11.4 Å². The molecule has 0 bridgehead atoms. The zero-order valence-corrected chi connectivity index (χ0v) is 9.95. The molecule has 5 heteroatoms. The van der Waals surface area contributed by atoms with Crippen LogP contribution in [0.1, 0.15) is 25.1 Å². The third-order valence-corrected chi connectivity index (χ3v) is 2.52. The first-order valence-electron chi connectivity index (χ1n) is 5.63. The molecule has 0 spiro atoms. The highest BCUT2D eigenvalue weighted by Crippen LogP contribution is 2.18. The van der Waals surface area contributed by atoms with Crippen molar-refractivity contribution in [1.29, 1.82) is 0 Å². The molecule has 2 rings (SSSR count). The highest BCUT2D eigenvalue weighted by Gasteiger charge is 2.13. The lowest BCUT2D eigenvalue weighted by molar-refractivity contribution is -0.137. The lowest BCUT2D eigenvalue weighted by Gasteiger charge is -2.08. The third kappa shape index (κ3) is 2.88. The summed E-state index contributed by atoms with van der Waals surface area (Å²) in [6, 6.07) is 7.33. The molecule has 1 unspecified atom stereocenters. The van der Waals surface area contributed by atoms with E-state index < -0.39 is 5.97 Å². The van der Waals surface area contributed by atoms with Crippen LogP contribution in [0.3, 0.4) is 0 Å². The molecule has 92 valence electrons. The maximum atomic E-state index is 10.7. The average Bonchev–Trinajstić information content (AvgIpc) is 2.39. The quantitative estimate of drug-likeness (QED) is 0.890. The summed E-state index contributed by atoms with van der Waals surface area (Å²) < 4.78 is 0. The van der Waals surface area contributed by atoms with Gasteiger partial charge in [0.25, 0.3) is 0 Å². The van der Waals surface area contributed by atoms with E-state index in [9.17, 15) is 4.79 Å². The van der Waals surface area contributed by atoms with E-state index in [0.29, 0.717) is 11.5 Å². The molecule has 0 aliphatic rings. The van der Waals surface area contributed by atoms with Crippen LogP contribution in [0, 0.1) is 0 Å². The number of nitrogens with zero attached hydrogens (tertiary/aromatic N) is 3. The number of hydrogen-bond acceptors (Lipinski definition) is 4. The van der Waals surface area contributed by atoms with Crippen LogP contribution >= 0.6 is 0 Å². The Morgan fingerprint density at radius 3 is 2.72 bits per heavy atom. The van der Waals surface area contributed by atoms with E-state index in [4.69, 9.17) is 5.11 Å². The second-order valence-electron chi connectivity index (χ2n) is 4.01. The Kier molecular flexibility index (Phi) is 3.62. The first-order chi connectivity index (χ1) is 8.66. The van der Waals surface area contributed by atoms with Gasteiger partial charge in [-0.05, 0) is 18.2 Å². The molecule has 0 saturated heterocycles. The van der Waals surface area contributed by atoms with Crippen molar-refractivity contribution in [3.05, 3.63) is 42.5 Å². The Balaban J connectivity index is 2.28. The van der Waals surface area contributed by atoms with Crippen LogP contribution in [0.15, 0.2) is 36.7 Å². The summed E-state index contributed by atoms with van der Waals surface area (Å²) in [6.45, 7) is 1.80. The van der Waals surface area contributed by atoms with Gasteiger partial charge in [-0.25, -0.2) is 9.97 Å². The van der Waals surface area contributed by atoms with Gasteiger partial charge in [-0.1, -0.05) is 13.0 Å². The first-order valence-corrected chi connectivity index (χ1v) is 5.63. The Morgan fingerprint density at radius 1 is 1.22 bits per heavy atom. The number of carbonyl (C=O) groups is 1. The molecule has 18 heavy (non-hydrogen) atoms. The van der Waals surface area contributed by atoms with Crippen LogP contribution in [0.25, 0.3) is 11.4 Å². The van der Waals surface area contributed by atoms with Gasteiger partial charge in [0.2, 0.25) is 0 Å². The molecule has 0 aliphatic carbocycles. The molecule has 0 saturated carbocycles. The molecular weight excluding hydrogens is 230 g/mol. The molecule has 0 fully saturated rings. The SMILES string of the molecule is CC(CC(=O)O)c1nccc(-c2ccccn2)n1. The zero-order chi connectivity index (χ0) is 13.0. The zero-order valence-electron chi connectivity index (χ0n) is 9.95. The van der Waals surface area contributed by atoms with Gasteiger partial charge in [-0.3, -0.25) is 9.78 Å². The molecule has 0 radical (unpaired) electrons. The van der Waals surface area contributed by atoms with Crippen LogP contribution in [0.5, 0.6) is 0 Å². The lowest BCUT2D eigenvalue weighted by atomic mass is 10.1. The molecule has 0 aliphatic heterocycles. The van der Waals surface area contributed by atoms with Gasteiger partial charge in [-0.15, -0.1) is 0 Å². The van der Waals surface area contributed by atoms with E-state index in [1.54, 1.807) is 25.4 Å². The summed E-state index contributed by atoms with van der Waals surface area (Å²) in [5.41, 5.74) is 1.46. The summed E-state index contributed by atoms with van der Waals surface area (Å²) in [5, 5.41) is 8.76. The fourth-order valence-corrected chi connectivity index (χ4v) is 1.62. The van der Waals surface area contributed by atoms with Crippen LogP contribution < -0.4 is 0 Å². The van der Waals surface area contributed by atoms with Crippen LogP contribution in [-0.4, -0.2) is 26.0 Å². The fraction of sp³-hybridized carbons (Fsp3) is 0.231. The predicted octanol–water partition coefficient (Wildman–Crippen LogP) is 2.12. The van der Waals surface area contributed by atoms with E-state index in [0.717, 1.165) is 5.69 Å². The van der Waals surface area contributed by atoms with Crippen LogP contribution in [0.2, 0.25) is 0 Å². The van der Waals surface area contributed by atoms with Crippen molar-refractivity contribution < 1.29 is 9.90 Å². The number of aliphatic carboxylic acids is 1. The Labute approximate surface area is 105 Å². The van der Waals surface area contributed by atoms with E-state index in [-0.39, 0.29) is 12.3 Å². The summed E-state index contributed by atoms with van der Waals surface area (Å²) >= 11 is 0. The summed E-state index contributed by atoms with van der Waals surface area (Å²) in [7, 11) is 0. The molecular formula is C13H13N3O2. The average molecular weight is 243 g/mol. The summed E-state index contributed by atoms with van der Waals surface area (Å²) in [5.74, 6) is -0.541. The Bertz CT molecular complexity index is 543. The van der Waals surface area contributed by atoms with Crippen molar-refractivity contribution >= 4 is 5.97 Å². The van der Waals surface area contributed by atoms with Gasteiger partial charge in [0.15, 0.2) is 0 Å². The molecule has 0 amide bonds. The highest BCUT2D eigenvalue weighted by atomic mass is 16.4. The van der Waals surface area contributed by atoms with Crippen LogP contribution in [0.4, 0.5) is 0 Å². The van der Waals surface area contributed by atoms with Gasteiger partial charge in [0.05, 0.1) is 17.8 Å². The van der Waals surface area contributed by atoms with E-state index in [1.165, 1.54) is 0 Å².